The number of rotatable bonds is 6. The molecule has 18 heavy (non-hydrogen) atoms. The number of imide groups is 1. The van der Waals surface area contributed by atoms with Gasteiger partial charge in [-0.3, -0.25) is 14.9 Å². The zero-order chi connectivity index (χ0) is 13.8. The second-order valence-corrected chi connectivity index (χ2v) is 5.61. The highest BCUT2D eigenvalue weighted by Gasteiger charge is 2.26. The van der Waals surface area contributed by atoms with Gasteiger partial charge in [0.1, 0.15) is 0 Å². The Balaban J connectivity index is 2.26. The van der Waals surface area contributed by atoms with Crippen molar-refractivity contribution in [2.75, 3.05) is 6.54 Å². The molecule has 1 aliphatic rings. The molecule has 3 amide bonds. The average molecular weight is 256 g/mol. The Hall–Kier alpha value is -1.59. The van der Waals surface area contributed by atoms with E-state index in [1.165, 1.54) is 0 Å². The van der Waals surface area contributed by atoms with E-state index in [1.807, 2.05) is 0 Å². The molecule has 6 nitrogen and oxygen atoms in total. The summed E-state index contributed by atoms with van der Waals surface area (Å²) < 4.78 is 0. The summed E-state index contributed by atoms with van der Waals surface area (Å²) in [5, 5.41) is 13.5. The monoisotopic (exact) mass is 256 g/mol. The van der Waals surface area contributed by atoms with E-state index >= 15 is 0 Å². The molecule has 1 rings (SSSR count). The van der Waals surface area contributed by atoms with E-state index in [-0.39, 0.29) is 12.8 Å². The predicted molar refractivity (Wildman–Crippen MR) is 64.9 cm³/mol. The fraction of sp³-hybridized carbons (Fsp3) is 0.750. The first kappa shape index (κ1) is 14.5. The van der Waals surface area contributed by atoms with Crippen LogP contribution in [-0.2, 0) is 9.59 Å². The van der Waals surface area contributed by atoms with Crippen molar-refractivity contribution in [1.29, 1.82) is 0 Å². The van der Waals surface area contributed by atoms with Crippen molar-refractivity contribution in [3.8, 4) is 0 Å². The highest BCUT2D eigenvalue weighted by atomic mass is 16.4. The third kappa shape index (κ3) is 6.22. The Morgan fingerprint density at radius 3 is 2.33 bits per heavy atom. The summed E-state index contributed by atoms with van der Waals surface area (Å²) in [6.07, 6.45) is 2.15. The summed E-state index contributed by atoms with van der Waals surface area (Å²) in [7, 11) is 0. The number of aliphatic carboxylic acids is 1. The standard InChI is InChI=1S/C12H20N2O4/c1-12(2,6-10(16)17)5-9(15)14-11(18)13-7-8-3-4-8/h8H,3-7H2,1-2H3,(H,16,17)(H2,13,14,15,18). The average Bonchev–Trinajstić information content (AvgIpc) is 2.93. The molecular formula is C12H20N2O4. The summed E-state index contributed by atoms with van der Waals surface area (Å²) in [5.41, 5.74) is -0.660. The molecule has 3 N–H and O–H groups in total. The first-order valence-corrected chi connectivity index (χ1v) is 6.08. The molecule has 0 atom stereocenters. The van der Waals surface area contributed by atoms with Crippen LogP contribution in [0.3, 0.4) is 0 Å². The Bertz CT molecular complexity index is 348. The van der Waals surface area contributed by atoms with Gasteiger partial charge in [-0.05, 0) is 24.2 Å². The molecule has 1 fully saturated rings. The Morgan fingerprint density at radius 2 is 1.83 bits per heavy atom. The number of carboxylic acids is 1. The van der Waals surface area contributed by atoms with Gasteiger partial charge in [0.2, 0.25) is 5.91 Å². The van der Waals surface area contributed by atoms with Gasteiger partial charge in [-0.15, -0.1) is 0 Å². The van der Waals surface area contributed by atoms with E-state index in [9.17, 15) is 14.4 Å². The lowest BCUT2D eigenvalue weighted by molar-refractivity contribution is -0.139. The zero-order valence-electron chi connectivity index (χ0n) is 10.8. The number of carbonyl (C=O) groups is 3. The minimum absolute atomic E-state index is 0.0101. The van der Waals surface area contributed by atoms with Gasteiger partial charge < -0.3 is 10.4 Å². The number of hydrogen-bond donors (Lipinski definition) is 3. The van der Waals surface area contributed by atoms with Gasteiger partial charge in [-0.1, -0.05) is 13.8 Å². The van der Waals surface area contributed by atoms with Crippen molar-refractivity contribution >= 4 is 17.9 Å². The van der Waals surface area contributed by atoms with Crippen LogP contribution in [0.4, 0.5) is 4.79 Å². The minimum Gasteiger partial charge on any atom is -0.481 e. The SMILES string of the molecule is CC(C)(CC(=O)O)CC(=O)NC(=O)NCC1CC1. The van der Waals surface area contributed by atoms with Gasteiger partial charge in [0.05, 0.1) is 6.42 Å². The van der Waals surface area contributed by atoms with Crippen LogP contribution in [0, 0.1) is 11.3 Å². The van der Waals surface area contributed by atoms with Crippen molar-refractivity contribution in [3.05, 3.63) is 0 Å². The molecule has 1 saturated carbocycles. The number of carboxylic acid groups (broad SMARTS) is 1. The van der Waals surface area contributed by atoms with Crippen LogP contribution in [0.25, 0.3) is 0 Å². The van der Waals surface area contributed by atoms with Crippen molar-refractivity contribution < 1.29 is 19.5 Å². The van der Waals surface area contributed by atoms with E-state index in [1.54, 1.807) is 13.8 Å². The van der Waals surface area contributed by atoms with Crippen LogP contribution in [0.5, 0.6) is 0 Å². The van der Waals surface area contributed by atoms with Gasteiger partial charge in [0.15, 0.2) is 0 Å². The minimum atomic E-state index is -0.953. The van der Waals surface area contributed by atoms with E-state index in [2.05, 4.69) is 10.6 Å². The molecule has 0 aromatic heterocycles. The topological polar surface area (TPSA) is 95.5 Å². The summed E-state index contributed by atoms with van der Waals surface area (Å²) in [5.74, 6) is -0.852. The molecular weight excluding hydrogens is 236 g/mol. The normalized spacial score (nSPS) is 15.0. The van der Waals surface area contributed by atoms with Gasteiger partial charge in [-0.25, -0.2) is 4.79 Å². The second-order valence-electron chi connectivity index (χ2n) is 5.61. The van der Waals surface area contributed by atoms with Crippen LogP contribution in [-0.4, -0.2) is 29.6 Å². The lowest BCUT2D eigenvalue weighted by atomic mass is 9.85. The van der Waals surface area contributed by atoms with Crippen LogP contribution in [0.1, 0.15) is 39.5 Å². The molecule has 0 radical (unpaired) electrons. The fourth-order valence-electron chi connectivity index (χ4n) is 1.68. The molecule has 1 aliphatic carbocycles. The molecule has 6 heteroatoms. The van der Waals surface area contributed by atoms with Crippen molar-refractivity contribution in [3.63, 3.8) is 0 Å². The van der Waals surface area contributed by atoms with Gasteiger partial charge >= 0.3 is 12.0 Å². The number of amides is 3. The van der Waals surface area contributed by atoms with Crippen LogP contribution < -0.4 is 10.6 Å². The van der Waals surface area contributed by atoms with E-state index < -0.39 is 23.3 Å². The highest BCUT2D eigenvalue weighted by molar-refractivity contribution is 5.94. The highest BCUT2D eigenvalue weighted by Crippen LogP contribution is 2.27. The van der Waals surface area contributed by atoms with Crippen molar-refractivity contribution in [2.24, 2.45) is 11.3 Å². The molecule has 0 bridgehead atoms. The third-order valence-corrected chi connectivity index (χ3v) is 2.77. The smallest absolute Gasteiger partial charge is 0.321 e. The van der Waals surface area contributed by atoms with Gasteiger partial charge in [0, 0.05) is 13.0 Å². The van der Waals surface area contributed by atoms with Gasteiger partial charge in [-0.2, -0.15) is 0 Å². The molecule has 0 aromatic rings. The number of carbonyl (C=O) groups excluding carboxylic acids is 2. The quantitative estimate of drug-likeness (QED) is 0.663. The maximum absolute atomic E-state index is 11.5. The maximum atomic E-state index is 11.5. The van der Waals surface area contributed by atoms with Crippen LogP contribution in [0.2, 0.25) is 0 Å². The van der Waals surface area contributed by atoms with E-state index in [0.29, 0.717) is 12.5 Å². The molecule has 0 aromatic carbocycles. The molecule has 0 saturated heterocycles. The molecule has 0 heterocycles. The molecule has 102 valence electrons. The summed E-state index contributed by atoms with van der Waals surface area (Å²) in [6.45, 7) is 3.96. The third-order valence-electron chi connectivity index (χ3n) is 2.77. The number of hydrogen-bond acceptors (Lipinski definition) is 3. The van der Waals surface area contributed by atoms with Crippen LogP contribution in [0.15, 0.2) is 0 Å². The molecule has 0 aliphatic heterocycles. The Morgan fingerprint density at radius 1 is 1.22 bits per heavy atom. The fourth-order valence-corrected chi connectivity index (χ4v) is 1.68. The summed E-state index contributed by atoms with van der Waals surface area (Å²) >= 11 is 0. The van der Waals surface area contributed by atoms with Crippen LogP contribution >= 0.6 is 0 Å². The Labute approximate surface area is 106 Å². The number of urea groups is 1. The van der Waals surface area contributed by atoms with E-state index in [4.69, 9.17) is 5.11 Å². The van der Waals surface area contributed by atoms with Gasteiger partial charge in [0.25, 0.3) is 0 Å². The molecule has 0 spiro atoms. The van der Waals surface area contributed by atoms with E-state index in [0.717, 1.165) is 12.8 Å². The number of nitrogens with one attached hydrogen (secondary N) is 2. The zero-order valence-corrected chi connectivity index (χ0v) is 10.8. The van der Waals surface area contributed by atoms with Crippen molar-refractivity contribution in [2.45, 2.75) is 39.5 Å². The lowest BCUT2D eigenvalue weighted by Gasteiger charge is -2.21. The first-order chi connectivity index (χ1) is 8.28. The molecule has 0 unspecified atom stereocenters. The largest absolute Gasteiger partial charge is 0.481 e. The summed E-state index contributed by atoms with van der Waals surface area (Å²) in [4.78, 5) is 33.5. The maximum Gasteiger partial charge on any atom is 0.321 e. The summed E-state index contributed by atoms with van der Waals surface area (Å²) in [6, 6.07) is -0.502. The predicted octanol–water partition coefficient (Wildman–Crippen LogP) is 1.11. The first-order valence-electron chi connectivity index (χ1n) is 6.08. The van der Waals surface area contributed by atoms with Crippen molar-refractivity contribution in [1.82, 2.24) is 10.6 Å². The second kappa shape index (κ2) is 5.84. The lowest BCUT2D eigenvalue weighted by Crippen LogP contribution is -2.41. The Kier molecular flexibility index (Phi) is 4.69.